The summed E-state index contributed by atoms with van der Waals surface area (Å²) in [5.74, 6) is -0.870. The Labute approximate surface area is 157 Å². The molecular weight excluding hydrogens is 346 g/mol. The van der Waals surface area contributed by atoms with E-state index >= 15 is 0 Å². The first-order valence-corrected chi connectivity index (χ1v) is 8.55. The molecule has 0 fully saturated rings. The molecule has 0 unspecified atom stereocenters. The predicted molar refractivity (Wildman–Crippen MR) is 104 cm³/mol. The van der Waals surface area contributed by atoms with Crippen molar-refractivity contribution in [2.75, 3.05) is 10.6 Å². The Kier molecular flexibility index (Phi) is 6.54. The van der Waals surface area contributed by atoms with Crippen LogP contribution in [0.1, 0.15) is 42.6 Å². The summed E-state index contributed by atoms with van der Waals surface area (Å²) >= 11 is 0. The van der Waals surface area contributed by atoms with Gasteiger partial charge in [0.15, 0.2) is 6.10 Å². The van der Waals surface area contributed by atoms with E-state index in [2.05, 4.69) is 10.6 Å². The zero-order valence-electron chi connectivity index (χ0n) is 15.5. The van der Waals surface area contributed by atoms with E-state index in [9.17, 15) is 14.4 Å². The van der Waals surface area contributed by atoms with Crippen molar-refractivity contribution in [3.05, 3.63) is 59.7 Å². The van der Waals surface area contributed by atoms with Gasteiger partial charge >= 0.3 is 12.0 Å². The number of para-hydroxylation sites is 1. The van der Waals surface area contributed by atoms with Gasteiger partial charge in [-0.15, -0.1) is 0 Å². The maximum atomic E-state index is 12.4. The Morgan fingerprint density at radius 3 is 2.33 bits per heavy atom. The van der Waals surface area contributed by atoms with Gasteiger partial charge in [-0.05, 0) is 42.7 Å². The average Bonchev–Trinajstić information content (AvgIpc) is 2.61. The van der Waals surface area contributed by atoms with Gasteiger partial charge < -0.3 is 21.1 Å². The normalized spacial score (nSPS) is 11.6. The number of esters is 1. The Balaban J connectivity index is 2.04. The SMILES string of the molecule is CC(C)c1ccccc1NC(=O)[C@H](C)OC(=O)c1cccc(NC(N)=O)c1. The zero-order valence-corrected chi connectivity index (χ0v) is 15.5. The minimum Gasteiger partial charge on any atom is -0.449 e. The molecule has 0 saturated carbocycles. The minimum atomic E-state index is -0.995. The van der Waals surface area contributed by atoms with Gasteiger partial charge in [0.25, 0.3) is 5.91 Å². The van der Waals surface area contributed by atoms with Crippen molar-refractivity contribution < 1.29 is 19.1 Å². The van der Waals surface area contributed by atoms with Crippen molar-refractivity contribution in [1.29, 1.82) is 0 Å². The van der Waals surface area contributed by atoms with Crippen LogP contribution in [0.15, 0.2) is 48.5 Å². The van der Waals surface area contributed by atoms with E-state index in [1.165, 1.54) is 19.1 Å². The highest BCUT2D eigenvalue weighted by atomic mass is 16.5. The Morgan fingerprint density at radius 2 is 1.67 bits per heavy atom. The first-order valence-electron chi connectivity index (χ1n) is 8.55. The number of nitrogens with one attached hydrogen (secondary N) is 2. The predicted octanol–water partition coefficient (Wildman–Crippen LogP) is 3.48. The molecule has 3 amide bonds. The number of anilines is 2. The smallest absolute Gasteiger partial charge is 0.338 e. The molecule has 0 aliphatic carbocycles. The van der Waals surface area contributed by atoms with Crippen LogP contribution in [0.25, 0.3) is 0 Å². The molecule has 0 aliphatic heterocycles. The van der Waals surface area contributed by atoms with Crippen LogP contribution in [0, 0.1) is 0 Å². The van der Waals surface area contributed by atoms with Crippen LogP contribution in [-0.4, -0.2) is 24.0 Å². The van der Waals surface area contributed by atoms with Crippen LogP contribution >= 0.6 is 0 Å². The lowest BCUT2D eigenvalue weighted by Gasteiger charge is -2.17. The second-order valence-electron chi connectivity index (χ2n) is 6.35. The molecule has 142 valence electrons. The standard InChI is InChI=1S/C20H23N3O4/c1-12(2)16-9-4-5-10-17(16)23-18(24)13(3)27-19(25)14-7-6-8-15(11-14)22-20(21)26/h4-13H,1-3H3,(H,23,24)(H3,21,22,26)/t13-/m0/s1. The monoisotopic (exact) mass is 369 g/mol. The van der Waals surface area contributed by atoms with Gasteiger partial charge in [-0.3, -0.25) is 4.79 Å². The number of nitrogens with two attached hydrogens (primary N) is 1. The van der Waals surface area contributed by atoms with Crippen molar-refractivity contribution in [2.45, 2.75) is 32.8 Å². The second kappa shape index (κ2) is 8.84. The highest BCUT2D eigenvalue weighted by molar-refractivity contribution is 5.98. The summed E-state index contributed by atoms with van der Waals surface area (Å²) in [6.07, 6.45) is -0.995. The van der Waals surface area contributed by atoms with Crippen molar-refractivity contribution in [1.82, 2.24) is 0 Å². The number of primary amides is 1. The van der Waals surface area contributed by atoms with Crippen LogP contribution in [0.3, 0.4) is 0 Å². The molecule has 1 atom stereocenters. The second-order valence-corrected chi connectivity index (χ2v) is 6.35. The molecule has 0 spiro atoms. The topological polar surface area (TPSA) is 111 Å². The summed E-state index contributed by atoms with van der Waals surface area (Å²) < 4.78 is 5.24. The molecule has 2 aromatic carbocycles. The van der Waals surface area contributed by atoms with Crippen LogP contribution in [0.4, 0.5) is 16.2 Å². The molecule has 7 nitrogen and oxygen atoms in total. The molecule has 7 heteroatoms. The number of hydrogen-bond acceptors (Lipinski definition) is 4. The zero-order chi connectivity index (χ0) is 20.0. The molecule has 27 heavy (non-hydrogen) atoms. The maximum Gasteiger partial charge on any atom is 0.338 e. The van der Waals surface area contributed by atoms with E-state index in [0.29, 0.717) is 11.4 Å². The average molecular weight is 369 g/mol. The highest BCUT2D eigenvalue weighted by Gasteiger charge is 2.20. The van der Waals surface area contributed by atoms with Crippen LogP contribution in [0.5, 0.6) is 0 Å². The van der Waals surface area contributed by atoms with Gasteiger partial charge in [0.2, 0.25) is 0 Å². The largest absolute Gasteiger partial charge is 0.449 e. The summed E-state index contributed by atoms with van der Waals surface area (Å²) in [5, 5.41) is 5.17. The summed E-state index contributed by atoms with van der Waals surface area (Å²) in [6.45, 7) is 5.56. The summed E-state index contributed by atoms with van der Waals surface area (Å²) in [6, 6.07) is 12.8. The number of ether oxygens (including phenoxy) is 1. The van der Waals surface area contributed by atoms with Gasteiger partial charge in [0.1, 0.15) is 0 Å². The molecule has 0 aromatic heterocycles. The van der Waals surface area contributed by atoms with Gasteiger partial charge in [0.05, 0.1) is 5.56 Å². The lowest BCUT2D eigenvalue weighted by molar-refractivity contribution is -0.123. The van der Waals surface area contributed by atoms with Gasteiger partial charge in [0, 0.05) is 11.4 Å². The summed E-state index contributed by atoms with van der Waals surface area (Å²) in [4.78, 5) is 35.6. The highest BCUT2D eigenvalue weighted by Crippen LogP contribution is 2.24. The van der Waals surface area contributed by atoms with E-state index < -0.39 is 24.0 Å². The number of hydrogen-bond donors (Lipinski definition) is 3. The molecule has 0 radical (unpaired) electrons. The number of amides is 3. The van der Waals surface area contributed by atoms with Crippen molar-refractivity contribution >= 4 is 29.3 Å². The number of benzene rings is 2. The lowest BCUT2D eigenvalue weighted by atomic mass is 10.0. The van der Waals surface area contributed by atoms with Crippen LogP contribution < -0.4 is 16.4 Å². The molecule has 0 heterocycles. The number of carbonyl (C=O) groups is 3. The first kappa shape index (κ1) is 20.0. The number of rotatable bonds is 6. The number of carbonyl (C=O) groups excluding carboxylic acids is 3. The summed E-state index contributed by atoms with van der Waals surface area (Å²) in [7, 11) is 0. The van der Waals surface area contributed by atoms with Gasteiger partial charge in [-0.2, -0.15) is 0 Å². The third-order valence-corrected chi connectivity index (χ3v) is 3.86. The summed E-state index contributed by atoms with van der Waals surface area (Å²) in [5.41, 5.74) is 7.30. The molecule has 4 N–H and O–H groups in total. The van der Waals surface area contributed by atoms with Crippen LogP contribution in [0.2, 0.25) is 0 Å². The maximum absolute atomic E-state index is 12.4. The Morgan fingerprint density at radius 1 is 0.963 bits per heavy atom. The fourth-order valence-electron chi connectivity index (χ4n) is 2.50. The molecular formula is C20H23N3O4. The Bertz CT molecular complexity index is 849. The van der Waals surface area contributed by atoms with Crippen LogP contribution in [-0.2, 0) is 9.53 Å². The third-order valence-electron chi connectivity index (χ3n) is 3.86. The third kappa shape index (κ3) is 5.57. The molecule has 2 rings (SSSR count). The van der Waals surface area contributed by atoms with Crippen molar-refractivity contribution in [3.8, 4) is 0 Å². The van der Waals surface area contributed by atoms with E-state index in [-0.39, 0.29) is 11.5 Å². The molecule has 0 aliphatic rings. The minimum absolute atomic E-state index is 0.198. The fraction of sp³-hybridized carbons (Fsp3) is 0.250. The lowest BCUT2D eigenvalue weighted by Crippen LogP contribution is -2.30. The fourth-order valence-corrected chi connectivity index (χ4v) is 2.50. The quantitative estimate of drug-likeness (QED) is 0.677. The first-order chi connectivity index (χ1) is 12.8. The van der Waals surface area contributed by atoms with E-state index in [1.54, 1.807) is 18.2 Å². The number of urea groups is 1. The molecule has 0 bridgehead atoms. The van der Waals surface area contributed by atoms with Gasteiger partial charge in [-0.1, -0.05) is 38.1 Å². The molecule has 0 saturated heterocycles. The molecule has 2 aromatic rings. The van der Waals surface area contributed by atoms with Gasteiger partial charge in [-0.25, -0.2) is 9.59 Å². The van der Waals surface area contributed by atoms with E-state index in [1.807, 2.05) is 32.0 Å². The van der Waals surface area contributed by atoms with E-state index in [4.69, 9.17) is 10.5 Å². The Hall–Kier alpha value is -3.35. The van der Waals surface area contributed by atoms with Crippen molar-refractivity contribution in [2.24, 2.45) is 5.73 Å². The van der Waals surface area contributed by atoms with E-state index in [0.717, 1.165) is 5.56 Å². The van der Waals surface area contributed by atoms with Crippen molar-refractivity contribution in [3.63, 3.8) is 0 Å².